The molecule has 4 fully saturated rings. The number of urea groups is 2. The van der Waals surface area contributed by atoms with Gasteiger partial charge in [-0.15, -0.1) is 0 Å². The number of carbonyl (C=O) groups excluding carboxylic acids is 2. The van der Waals surface area contributed by atoms with Crippen molar-refractivity contribution in [2.75, 3.05) is 66.7 Å². The molecule has 0 atom stereocenters. The number of hydrogen-bond donors (Lipinski definition) is 0. The molecule has 182 valence electrons. The molecule has 2 aliphatic heterocycles. The van der Waals surface area contributed by atoms with Crippen LogP contribution >= 0.6 is 0 Å². The number of hydrogen-bond acceptors (Lipinski definition) is 4. The molecular formula is C24H42N4O4. The molecule has 32 heavy (non-hydrogen) atoms. The van der Waals surface area contributed by atoms with Crippen molar-refractivity contribution in [3.05, 3.63) is 0 Å². The first-order chi connectivity index (χ1) is 15.5. The van der Waals surface area contributed by atoms with Gasteiger partial charge in [0.05, 0.1) is 26.4 Å². The summed E-state index contributed by atoms with van der Waals surface area (Å²) < 4.78 is 10.8. The third-order valence-electron chi connectivity index (χ3n) is 8.41. The molecule has 0 N–H and O–H groups in total. The largest absolute Gasteiger partial charge is 0.378 e. The van der Waals surface area contributed by atoms with Gasteiger partial charge in [-0.2, -0.15) is 0 Å². The number of nitrogens with zero attached hydrogens (tertiary/aromatic N) is 4. The van der Waals surface area contributed by atoms with Crippen LogP contribution < -0.4 is 0 Å². The quantitative estimate of drug-likeness (QED) is 0.663. The van der Waals surface area contributed by atoms with Crippen molar-refractivity contribution in [3.63, 3.8) is 0 Å². The number of amides is 4. The zero-order chi connectivity index (χ0) is 22.5. The van der Waals surface area contributed by atoms with E-state index in [9.17, 15) is 9.59 Å². The van der Waals surface area contributed by atoms with Crippen molar-refractivity contribution in [1.29, 1.82) is 0 Å². The molecule has 0 aromatic heterocycles. The van der Waals surface area contributed by atoms with Crippen molar-refractivity contribution in [2.45, 2.75) is 63.5 Å². The fraction of sp³-hybridized carbons (Fsp3) is 0.917. The van der Waals surface area contributed by atoms with Crippen LogP contribution in [0.2, 0.25) is 0 Å². The van der Waals surface area contributed by atoms with E-state index in [-0.39, 0.29) is 12.1 Å². The molecule has 2 saturated heterocycles. The van der Waals surface area contributed by atoms with Crippen molar-refractivity contribution in [3.8, 4) is 0 Å². The second-order valence-corrected chi connectivity index (χ2v) is 10.1. The summed E-state index contributed by atoms with van der Waals surface area (Å²) in [6, 6.07) is 1.08. The van der Waals surface area contributed by atoms with Gasteiger partial charge in [0.1, 0.15) is 0 Å². The molecule has 4 aliphatic rings. The monoisotopic (exact) mass is 450 g/mol. The molecule has 0 spiro atoms. The topological polar surface area (TPSA) is 65.6 Å². The average molecular weight is 451 g/mol. The third-order valence-corrected chi connectivity index (χ3v) is 8.41. The standard InChI is InChI=1S/C24H42N4O4/c1-25(23(29)27-11-15-31-16-12-27)21-7-3-19(4-8-21)20-5-9-22(10-6-20)26(2)24(30)28-13-17-32-18-14-28/h19-22H,3-18H2,1-2H3. The highest BCUT2D eigenvalue weighted by Crippen LogP contribution is 2.40. The fourth-order valence-electron chi connectivity index (χ4n) is 6.19. The first-order valence-corrected chi connectivity index (χ1v) is 12.7. The van der Waals surface area contributed by atoms with E-state index < -0.39 is 0 Å². The van der Waals surface area contributed by atoms with Crippen LogP contribution in [0.15, 0.2) is 0 Å². The maximum absolute atomic E-state index is 12.8. The SMILES string of the molecule is CN(C(=O)N1CCOCC1)C1CCC(C2CCC(N(C)C(=O)N3CCOCC3)CC2)CC1. The summed E-state index contributed by atoms with van der Waals surface area (Å²) in [5.74, 6) is 1.55. The molecule has 4 amide bonds. The number of rotatable bonds is 3. The van der Waals surface area contributed by atoms with Gasteiger partial charge < -0.3 is 29.1 Å². The van der Waals surface area contributed by atoms with E-state index in [1.807, 2.05) is 33.7 Å². The Balaban J connectivity index is 1.19. The first kappa shape index (κ1) is 23.6. The van der Waals surface area contributed by atoms with Gasteiger partial charge in [-0.1, -0.05) is 0 Å². The molecule has 0 bridgehead atoms. The lowest BCUT2D eigenvalue weighted by molar-refractivity contribution is 0.0350. The van der Waals surface area contributed by atoms with Crippen LogP contribution in [0.5, 0.6) is 0 Å². The van der Waals surface area contributed by atoms with Gasteiger partial charge in [-0.3, -0.25) is 0 Å². The van der Waals surface area contributed by atoms with Crippen LogP contribution in [0.1, 0.15) is 51.4 Å². The lowest BCUT2D eigenvalue weighted by atomic mass is 9.71. The molecular weight excluding hydrogens is 408 g/mol. The minimum absolute atomic E-state index is 0.172. The molecule has 0 aromatic rings. The van der Waals surface area contributed by atoms with Crippen molar-refractivity contribution in [1.82, 2.24) is 19.6 Å². The molecule has 2 saturated carbocycles. The van der Waals surface area contributed by atoms with E-state index in [2.05, 4.69) is 0 Å². The molecule has 4 rings (SSSR count). The van der Waals surface area contributed by atoms with Crippen molar-refractivity contribution in [2.24, 2.45) is 11.8 Å². The molecule has 8 nitrogen and oxygen atoms in total. The Hall–Kier alpha value is -1.54. The minimum atomic E-state index is 0.172. The Morgan fingerprint density at radius 3 is 1.22 bits per heavy atom. The van der Waals surface area contributed by atoms with Crippen LogP contribution in [-0.2, 0) is 9.47 Å². The van der Waals surface area contributed by atoms with Crippen LogP contribution in [0.25, 0.3) is 0 Å². The summed E-state index contributed by atoms with van der Waals surface area (Å²) in [5.41, 5.74) is 0. The molecule has 2 aliphatic carbocycles. The first-order valence-electron chi connectivity index (χ1n) is 12.7. The molecule has 0 unspecified atom stereocenters. The van der Waals surface area contributed by atoms with Gasteiger partial charge in [-0.05, 0) is 63.2 Å². The molecule has 2 heterocycles. The number of ether oxygens (including phenoxy) is 2. The Morgan fingerprint density at radius 1 is 0.594 bits per heavy atom. The molecule has 0 radical (unpaired) electrons. The average Bonchev–Trinajstić information content (AvgIpc) is 2.88. The zero-order valence-corrected chi connectivity index (χ0v) is 20.0. The van der Waals surface area contributed by atoms with Crippen LogP contribution in [0, 0.1) is 11.8 Å². The maximum Gasteiger partial charge on any atom is 0.320 e. The van der Waals surface area contributed by atoms with Gasteiger partial charge in [0.2, 0.25) is 0 Å². The zero-order valence-electron chi connectivity index (χ0n) is 20.0. The summed E-state index contributed by atoms with van der Waals surface area (Å²) in [7, 11) is 3.96. The third kappa shape index (κ3) is 5.50. The second kappa shape index (κ2) is 11.1. The number of carbonyl (C=O) groups is 2. The Labute approximate surface area is 193 Å². The Kier molecular flexibility index (Phi) is 8.16. The minimum Gasteiger partial charge on any atom is -0.378 e. The van der Waals surface area contributed by atoms with E-state index in [0.717, 1.165) is 37.5 Å². The van der Waals surface area contributed by atoms with E-state index in [1.54, 1.807) is 0 Å². The fourth-order valence-corrected chi connectivity index (χ4v) is 6.19. The highest BCUT2D eigenvalue weighted by Gasteiger charge is 2.36. The maximum atomic E-state index is 12.8. The van der Waals surface area contributed by atoms with Gasteiger partial charge >= 0.3 is 12.1 Å². The Morgan fingerprint density at radius 2 is 0.906 bits per heavy atom. The predicted molar refractivity (Wildman–Crippen MR) is 123 cm³/mol. The summed E-state index contributed by atoms with van der Waals surface area (Å²) in [4.78, 5) is 33.5. The summed E-state index contributed by atoms with van der Waals surface area (Å²) >= 11 is 0. The Bertz CT molecular complexity index is 565. The normalized spacial score (nSPS) is 31.8. The highest BCUT2D eigenvalue weighted by molar-refractivity contribution is 5.75. The smallest absolute Gasteiger partial charge is 0.320 e. The van der Waals surface area contributed by atoms with E-state index in [1.165, 1.54) is 25.7 Å². The van der Waals surface area contributed by atoms with E-state index in [0.29, 0.717) is 64.7 Å². The summed E-state index contributed by atoms with van der Waals surface area (Å²) in [6.45, 7) is 5.47. The highest BCUT2D eigenvalue weighted by atomic mass is 16.5. The van der Waals surface area contributed by atoms with Crippen LogP contribution in [-0.4, -0.2) is 110 Å². The molecule has 0 aromatic carbocycles. The lowest BCUT2D eigenvalue weighted by Gasteiger charge is -2.43. The van der Waals surface area contributed by atoms with E-state index >= 15 is 0 Å². The van der Waals surface area contributed by atoms with Crippen LogP contribution in [0.3, 0.4) is 0 Å². The van der Waals surface area contributed by atoms with Gasteiger partial charge in [0, 0.05) is 52.4 Å². The van der Waals surface area contributed by atoms with Gasteiger partial charge in [0.25, 0.3) is 0 Å². The van der Waals surface area contributed by atoms with Crippen LogP contribution in [0.4, 0.5) is 9.59 Å². The van der Waals surface area contributed by atoms with Crippen molar-refractivity contribution >= 4 is 12.1 Å². The van der Waals surface area contributed by atoms with Crippen molar-refractivity contribution < 1.29 is 19.1 Å². The summed E-state index contributed by atoms with van der Waals surface area (Å²) in [5, 5.41) is 0. The second-order valence-electron chi connectivity index (χ2n) is 10.1. The predicted octanol–water partition coefficient (Wildman–Crippen LogP) is 2.87. The van der Waals surface area contributed by atoms with Gasteiger partial charge in [0.15, 0.2) is 0 Å². The molecule has 8 heteroatoms. The summed E-state index contributed by atoms with van der Waals surface area (Å²) in [6.07, 6.45) is 9.37. The van der Waals surface area contributed by atoms with Gasteiger partial charge in [-0.25, -0.2) is 9.59 Å². The lowest BCUT2D eigenvalue weighted by Crippen LogP contribution is -2.51. The number of morpholine rings is 2. The van der Waals surface area contributed by atoms with E-state index in [4.69, 9.17) is 9.47 Å².